The van der Waals surface area contributed by atoms with Gasteiger partial charge >= 0.3 is 0 Å². The molecule has 2 rings (SSSR count). The van der Waals surface area contributed by atoms with Crippen molar-refractivity contribution >= 4 is 11.8 Å². The van der Waals surface area contributed by atoms with Gasteiger partial charge in [0.05, 0.1) is 6.61 Å². The van der Waals surface area contributed by atoms with Gasteiger partial charge in [-0.15, -0.1) is 0 Å². The quantitative estimate of drug-likeness (QED) is 0.735. The molecule has 0 saturated heterocycles. The predicted molar refractivity (Wildman–Crippen MR) is 75.5 cm³/mol. The van der Waals surface area contributed by atoms with Crippen LogP contribution < -0.4 is 5.32 Å². The van der Waals surface area contributed by atoms with Crippen LogP contribution in [-0.4, -0.2) is 34.3 Å². The average Bonchev–Trinajstić information content (AvgIpc) is 3.05. The lowest BCUT2D eigenvalue weighted by Crippen LogP contribution is -2.47. The molecule has 0 spiro atoms. The van der Waals surface area contributed by atoms with Crippen LogP contribution in [0, 0.1) is 5.92 Å². The van der Waals surface area contributed by atoms with Crippen LogP contribution >= 0.6 is 11.8 Å². The second-order valence-electron chi connectivity index (χ2n) is 6.07. The molecule has 2 fully saturated rings. The number of rotatable bonds is 7. The molecule has 2 aliphatic rings. The molecule has 2 nitrogen and oxygen atoms in total. The monoisotopic (exact) mass is 257 g/mol. The van der Waals surface area contributed by atoms with Gasteiger partial charge in [-0.2, -0.15) is 11.8 Å². The van der Waals surface area contributed by atoms with Gasteiger partial charge in [0.25, 0.3) is 0 Å². The van der Waals surface area contributed by atoms with Gasteiger partial charge in [-0.1, -0.05) is 20.3 Å². The van der Waals surface area contributed by atoms with E-state index in [-0.39, 0.29) is 5.54 Å². The summed E-state index contributed by atoms with van der Waals surface area (Å²) in [4.78, 5) is 0. The Balaban J connectivity index is 1.76. The Morgan fingerprint density at radius 3 is 2.76 bits per heavy atom. The first-order chi connectivity index (χ1) is 8.17. The van der Waals surface area contributed by atoms with Crippen LogP contribution in [0.5, 0.6) is 0 Å². The van der Waals surface area contributed by atoms with Gasteiger partial charge in [-0.3, -0.25) is 0 Å². The highest BCUT2D eigenvalue weighted by Gasteiger charge is 2.42. The zero-order valence-electron chi connectivity index (χ0n) is 11.2. The predicted octanol–water partition coefficient (Wildman–Crippen LogP) is 2.80. The summed E-state index contributed by atoms with van der Waals surface area (Å²) in [5.41, 5.74) is 0.0638. The largest absolute Gasteiger partial charge is 0.394 e. The van der Waals surface area contributed by atoms with E-state index < -0.39 is 0 Å². The van der Waals surface area contributed by atoms with Crippen molar-refractivity contribution in [3.05, 3.63) is 0 Å². The maximum absolute atomic E-state index is 9.66. The second-order valence-corrected chi connectivity index (χ2v) is 7.40. The lowest BCUT2D eigenvalue weighted by atomic mass is 9.99. The number of thioether (sulfide) groups is 1. The third-order valence-corrected chi connectivity index (χ3v) is 5.90. The van der Waals surface area contributed by atoms with E-state index in [4.69, 9.17) is 0 Å². The third kappa shape index (κ3) is 3.87. The zero-order valence-corrected chi connectivity index (χ0v) is 12.1. The van der Waals surface area contributed by atoms with E-state index in [1.54, 1.807) is 0 Å². The Bertz CT molecular complexity index is 244. The molecule has 0 bridgehead atoms. The van der Waals surface area contributed by atoms with Crippen LogP contribution in [0.25, 0.3) is 0 Å². The maximum Gasteiger partial charge on any atom is 0.0613 e. The number of hydrogen-bond donors (Lipinski definition) is 2. The van der Waals surface area contributed by atoms with E-state index in [2.05, 4.69) is 30.9 Å². The van der Waals surface area contributed by atoms with Gasteiger partial charge in [0.15, 0.2) is 0 Å². The first kappa shape index (κ1) is 13.7. The molecule has 0 aromatic rings. The fraction of sp³-hybridized carbons (Fsp3) is 1.00. The van der Waals surface area contributed by atoms with Gasteiger partial charge in [0.1, 0.15) is 0 Å². The maximum atomic E-state index is 9.66. The summed E-state index contributed by atoms with van der Waals surface area (Å²) in [7, 11) is 0. The average molecular weight is 257 g/mol. The number of nitrogens with one attached hydrogen (secondary N) is 1. The molecule has 3 atom stereocenters. The van der Waals surface area contributed by atoms with Crippen molar-refractivity contribution in [2.75, 3.05) is 12.4 Å². The second kappa shape index (κ2) is 5.94. The Kier molecular flexibility index (Phi) is 4.79. The number of hydrogen-bond acceptors (Lipinski definition) is 3. The lowest BCUT2D eigenvalue weighted by Gasteiger charge is -2.28. The van der Waals surface area contributed by atoms with E-state index in [0.717, 1.165) is 17.6 Å². The highest BCUT2D eigenvalue weighted by molar-refractivity contribution is 7.99. The van der Waals surface area contributed by atoms with Gasteiger partial charge in [-0.25, -0.2) is 0 Å². The summed E-state index contributed by atoms with van der Waals surface area (Å²) in [6, 6.07) is 0.709. The van der Waals surface area contributed by atoms with Crippen LogP contribution in [0.2, 0.25) is 0 Å². The summed E-state index contributed by atoms with van der Waals surface area (Å²) < 4.78 is 0. The minimum atomic E-state index is 0.0638. The lowest BCUT2D eigenvalue weighted by molar-refractivity contribution is 0.163. The third-order valence-electron chi connectivity index (χ3n) is 4.27. The Labute approximate surface area is 110 Å². The normalized spacial score (nSPS) is 35.1. The molecule has 0 aromatic heterocycles. The molecular formula is C14H27NOS. The van der Waals surface area contributed by atoms with Crippen molar-refractivity contribution in [2.45, 2.75) is 69.2 Å². The Hall–Kier alpha value is 0.270. The number of aliphatic hydroxyl groups is 1. The zero-order chi connectivity index (χ0) is 12.3. The fourth-order valence-corrected chi connectivity index (χ4v) is 4.18. The first-order valence-electron chi connectivity index (χ1n) is 7.17. The molecule has 0 aromatic carbocycles. The summed E-state index contributed by atoms with van der Waals surface area (Å²) >= 11 is 2.13. The van der Waals surface area contributed by atoms with E-state index in [1.165, 1.54) is 37.9 Å². The smallest absolute Gasteiger partial charge is 0.0613 e. The molecule has 0 heterocycles. The van der Waals surface area contributed by atoms with Gasteiger partial charge in [0.2, 0.25) is 0 Å². The van der Waals surface area contributed by atoms with Crippen molar-refractivity contribution in [2.24, 2.45) is 5.92 Å². The fourth-order valence-electron chi connectivity index (χ4n) is 2.62. The van der Waals surface area contributed by atoms with Gasteiger partial charge in [-0.05, 0) is 43.8 Å². The molecule has 0 radical (unpaired) electrons. The topological polar surface area (TPSA) is 32.3 Å². The van der Waals surface area contributed by atoms with Crippen LogP contribution in [0.15, 0.2) is 0 Å². The highest BCUT2D eigenvalue weighted by Crippen LogP contribution is 2.39. The van der Waals surface area contributed by atoms with Crippen molar-refractivity contribution in [1.82, 2.24) is 5.32 Å². The van der Waals surface area contributed by atoms with Crippen LogP contribution in [0.4, 0.5) is 0 Å². The minimum absolute atomic E-state index is 0.0638. The van der Waals surface area contributed by atoms with Gasteiger partial charge in [0, 0.05) is 16.8 Å². The summed E-state index contributed by atoms with van der Waals surface area (Å²) in [6.07, 6.45) is 7.52. The molecule has 17 heavy (non-hydrogen) atoms. The molecule has 2 aliphatic carbocycles. The summed E-state index contributed by atoms with van der Waals surface area (Å²) in [5.74, 6) is 2.12. The molecular weight excluding hydrogens is 230 g/mol. The van der Waals surface area contributed by atoms with E-state index in [9.17, 15) is 5.11 Å². The molecule has 2 saturated carbocycles. The number of aliphatic hydroxyl groups excluding tert-OH is 1. The highest BCUT2D eigenvalue weighted by atomic mass is 32.2. The molecule has 3 heteroatoms. The molecule has 100 valence electrons. The Morgan fingerprint density at radius 1 is 1.41 bits per heavy atom. The van der Waals surface area contributed by atoms with Crippen molar-refractivity contribution in [3.8, 4) is 0 Å². The van der Waals surface area contributed by atoms with Crippen LogP contribution in [-0.2, 0) is 0 Å². The van der Waals surface area contributed by atoms with Crippen molar-refractivity contribution in [3.63, 3.8) is 0 Å². The molecule has 3 unspecified atom stereocenters. The standard InChI is InChI=1S/C14H27NOS/c1-3-11(2)9-17-13-6-7-14(8-13,10-16)15-12-4-5-12/h11-13,15-16H,3-10H2,1-2H3. The van der Waals surface area contributed by atoms with E-state index >= 15 is 0 Å². The Morgan fingerprint density at radius 2 is 2.18 bits per heavy atom. The SMILES string of the molecule is CCC(C)CSC1CCC(CO)(NC2CC2)C1. The van der Waals surface area contributed by atoms with Crippen LogP contribution in [0.1, 0.15) is 52.4 Å². The van der Waals surface area contributed by atoms with Crippen molar-refractivity contribution in [1.29, 1.82) is 0 Å². The minimum Gasteiger partial charge on any atom is -0.394 e. The molecule has 0 aliphatic heterocycles. The molecule has 2 N–H and O–H groups in total. The van der Waals surface area contributed by atoms with Crippen LogP contribution in [0.3, 0.4) is 0 Å². The molecule has 0 amide bonds. The summed E-state index contributed by atoms with van der Waals surface area (Å²) in [6.45, 7) is 4.93. The first-order valence-corrected chi connectivity index (χ1v) is 8.22. The van der Waals surface area contributed by atoms with Gasteiger partial charge < -0.3 is 10.4 Å². The van der Waals surface area contributed by atoms with E-state index in [0.29, 0.717) is 12.6 Å². The summed E-state index contributed by atoms with van der Waals surface area (Å²) in [5, 5.41) is 14.1. The van der Waals surface area contributed by atoms with E-state index in [1.807, 2.05) is 0 Å². The van der Waals surface area contributed by atoms with Crippen molar-refractivity contribution < 1.29 is 5.11 Å².